The van der Waals surface area contributed by atoms with Crippen molar-refractivity contribution >= 4 is 5.91 Å². The number of amides is 1. The molecule has 16 heavy (non-hydrogen) atoms. The summed E-state index contributed by atoms with van der Waals surface area (Å²) in [6, 6.07) is 5.68. The van der Waals surface area contributed by atoms with Crippen molar-refractivity contribution in [2.24, 2.45) is 0 Å². The summed E-state index contributed by atoms with van der Waals surface area (Å²) in [5, 5.41) is 0. The first-order chi connectivity index (χ1) is 7.47. The molecule has 0 aromatic carbocycles. The molecule has 0 aliphatic heterocycles. The van der Waals surface area contributed by atoms with Gasteiger partial charge < -0.3 is 4.48 Å². The average Bonchev–Trinajstić information content (AvgIpc) is 2.16. The SMILES string of the molecule is C[N+](C)(C)CC(=O)NNCc1ccccn1. The fourth-order valence-electron chi connectivity index (χ4n) is 1.21. The lowest BCUT2D eigenvalue weighted by Crippen LogP contribution is -2.48. The van der Waals surface area contributed by atoms with Crippen molar-refractivity contribution < 1.29 is 9.28 Å². The second kappa shape index (κ2) is 5.58. The molecule has 2 N–H and O–H groups in total. The van der Waals surface area contributed by atoms with E-state index in [-0.39, 0.29) is 5.91 Å². The smallest absolute Gasteiger partial charge is 0.289 e. The molecule has 1 amide bonds. The molecule has 5 heteroatoms. The number of nitrogens with one attached hydrogen (secondary N) is 2. The summed E-state index contributed by atoms with van der Waals surface area (Å²) in [7, 11) is 5.91. The van der Waals surface area contributed by atoms with Crippen molar-refractivity contribution in [1.82, 2.24) is 15.8 Å². The summed E-state index contributed by atoms with van der Waals surface area (Å²) in [4.78, 5) is 15.6. The predicted octanol–water partition coefficient (Wildman–Crippen LogP) is -0.0914. The Kier molecular flexibility index (Phi) is 4.39. The van der Waals surface area contributed by atoms with Gasteiger partial charge in [-0.05, 0) is 12.1 Å². The lowest BCUT2D eigenvalue weighted by Gasteiger charge is -2.22. The van der Waals surface area contributed by atoms with Gasteiger partial charge in [0.05, 0.1) is 33.4 Å². The molecule has 0 atom stereocenters. The zero-order valence-electron chi connectivity index (χ0n) is 10.0. The van der Waals surface area contributed by atoms with Gasteiger partial charge in [0.15, 0.2) is 6.54 Å². The van der Waals surface area contributed by atoms with Crippen LogP contribution in [0.3, 0.4) is 0 Å². The molecular formula is C11H19N4O+. The Bertz CT molecular complexity index is 332. The van der Waals surface area contributed by atoms with Crippen LogP contribution in [0.15, 0.2) is 24.4 Å². The number of carbonyl (C=O) groups is 1. The molecule has 0 bridgehead atoms. The van der Waals surface area contributed by atoms with Crippen LogP contribution in [-0.2, 0) is 11.3 Å². The number of aromatic nitrogens is 1. The van der Waals surface area contributed by atoms with E-state index >= 15 is 0 Å². The van der Waals surface area contributed by atoms with E-state index in [1.165, 1.54) is 0 Å². The summed E-state index contributed by atoms with van der Waals surface area (Å²) < 4.78 is 0.608. The van der Waals surface area contributed by atoms with E-state index in [0.717, 1.165) is 5.69 Å². The molecule has 1 heterocycles. The van der Waals surface area contributed by atoms with Gasteiger partial charge >= 0.3 is 0 Å². The number of rotatable bonds is 5. The summed E-state index contributed by atoms with van der Waals surface area (Å²) in [5.74, 6) is -0.0246. The Balaban J connectivity index is 2.24. The Morgan fingerprint density at radius 2 is 2.12 bits per heavy atom. The van der Waals surface area contributed by atoms with Crippen LogP contribution in [0.25, 0.3) is 0 Å². The third-order valence-corrected chi connectivity index (χ3v) is 1.84. The fraction of sp³-hybridized carbons (Fsp3) is 0.455. The molecule has 0 spiro atoms. The highest BCUT2D eigenvalue weighted by molar-refractivity contribution is 5.76. The first-order valence-corrected chi connectivity index (χ1v) is 5.19. The topological polar surface area (TPSA) is 54.0 Å². The largest absolute Gasteiger partial charge is 0.323 e. The lowest BCUT2D eigenvalue weighted by molar-refractivity contribution is -0.862. The maximum Gasteiger partial charge on any atom is 0.289 e. The van der Waals surface area contributed by atoms with Crippen LogP contribution in [-0.4, -0.2) is 43.1 Å². The molecule has 1 aromatic rings. The first kappa shape index (κ1) is 12.6. The van der Waals surface area contributed by atoms with E-state index in [2.05, 4.69) is 15.8 Å². The van der Waals surface area contributed by atoms with Crippen molar-refractivity contribution in [2.75, 3.05) is 27.7 Å². The van der Waals surface area contributed by atoms with Gasteiger partial charge in [-0.2, -0.15) is 0 Å². The summed E-state index contributed by atoms with van der Waals surface area (Å²) >= 11 is 0. The van der Waals surface area contributed by atoms with Crippen molar-refractivity contribution in [3.05, 3.63) is 30.1 Å². The molecule has 0 saturated carbocycles. The average molecular weight is 223 g/mol. The van der Waals surface area contributed by atoms with Crippen molar-refractivity contribution in [2.45, 2.75) is 6.54 Å². The van der Waals surface area contributed by atoms with Crippen LogP contribution in [0.5, 0.6) is 0 Å². The number of likely N-dealkylation sites (N-methyl/N-ethyl adjacent to an activating group) is 1. The number of hydrogen-bond acceptors (Lipinski definition) is 3. The quantitative estimate of drug-likeness (QED) is 0.542. The zero-order valence-corrected chi connectivity index (χ0v) is 10.0. The second-order valence-corrected chi connectivity index (χ2v) is 4.67. The van der Waals surface area contributed by atoms with Crippen LogP contribution < -0.4 is 10.9 Å². The van der Waals surface area contributed by atoms with Crippen LogP contribution in [0.1, 0.15) is 5.69 Å². The molecule has 0 radical (unpaired) electrons. The molecule has 1 rings (SSSR count). The number of pyridine rings is 1. The Labute approximate surface area is 96.0 Å². The molecule has 5 nitrogen and oxygen atoms in total. The monoisotopic (exact) mass is 223 g/mol. The third kappa shape index (κ3) is 5.43. The zero-order chi connectivity index (χ0) is 12.0. The van der Waals surface area contributed by atoms with Crippen molar-refractivity contribution in [3.8, 4) is 0 Å². The molecule has 0 aliphatic carbocycles. The van der Waals surface area contributed by atoms with Crippen LogP contribution in [0.4, 0.5) is 0 Å². The Morgan fingerprint density at radius 1 is 1.38 bits per heavy atom. The molecule has 0 fully saturated rings. The van der Waals surface area contributed by atoms with Gasteiger partial charge in [-0.3, -0.25) is 15.2 Å². The highest BCUT2D eigenvalue weighted by Crippen LogP contribution is 1.91. The standard InChI is InChI=1S/C11H18N4O/c1-15(2,3)9-11(16)14-13-8-10-6-4-5-7-12-10/h4-7,13H,8-9H2,1-3H3/p+1. The van der Waals surface area contributed by atoms with Crippen LogP contribution >= 0.6 is 0 Å². The van der Waals surface area contributed by atoms with E-state index in [4.69, 9.17) is 0 Å². The maximum absolute atomic E-state index is 11.4. The van der Waals surface area contributed by atoms with E-state index in [1.807, 2.05) is 39.3 Å². The van der Waals surface area contributed by atoms with E-state index in [1.54, 1.807) is 6.20 Å². The van der Waals surface area contributed by atoms with Gasteiger partial charge in [-0.1, -0.05) is 6.07 Å². The fourth-order valence-corrected chi connectivity index (χ4v) is 1.21. The normalized spacial score (nSPS) is 11.2. The number of hydrogen-bond donors (Lipinski definition) is 2. The lowest BCUT2D eigenvalue weighted by atomic mass is 10.3. The minimum atomic E-state index is -0.0246. The van der Waals surface area contributed by atoms with Gasteiger partial charge in [0, 0.05) is 6.20 Å². The number of hydrazine groups is 1. The minimum Gasteiger partial charge on any atom is -0.323 e. The number of quaternary nitrogens is 1. The third-order valence-electron chi connectivity index (χ3n) is 1.84. The maximum atomic E-state index is 11.4. The molecule has 0 aliphatic rings. The summed E-state index contributed by atoms with van der Waals surface area (Å²) in [6.07, 6.45) is 1.73. The Hall–Kier alpha value is -1.46. The molecular weight excluding hydrogens is 204 g/mol. The Morgan fingerprint density at radius 3 is 2.69 bits per heavy atom. The van der Waals surface area contributed by atoms with Gasteiger partial charge in [-0.25, -0.2) is 5.43 Å². The van der Waals surface area contributed by atoms with Gasteiger partial charge in [0.1, 0.15) is 0 Å². The summed E-state index contributed by atoms with van der Waals surface area (Å²) in [5.41, 5.74) is 6.39. The highest BCUT2D eigenvalue weighted by Gasteiger charge is 2.13. The van der Waals surface area contributed by atoms with E-state index in [0.29, 0.717) is 17.6 Å². The van der Waals surface area contributed by atoms with Crippen molar-refractivity contribution in [3.63, 3.8) is 0 Å². The van der Waals surface area contributed by atoms with Crippen LogP contribution in [0, 0.1) is 0 Å². The molecule has 1 aromatic heterocycles. The van der Waals surface area contributed by atoms with Gasteiger partial charge in [-0.15, -0.1) is 0 Å². The number of carbonyl (C=O) groups excluding carboxylic acids is 1. The molecule has 0 unspecified atom stereocenters. The molecule has 0 saturated heterocycles. The number of nitrogens with zero attached hydrogens (tertiary/aromatic N) is 2. The van der Waals surface area contributed by atoms with E-state index < -0.39 is 0 Å². The van der Waals surface area contributed by atoms with Crippen molar-refractivity contribution in [1.29, 1.82) is 0 Å². The predicted molar refractivity (Wildman–Crippen MR) is 62.1 cm³/mol. The van der Waals surface area contributed by atoms with E-state index in [9.17, 15) is 4.79 Å². The highest BCUT2D eigenvalue weighted by atomic mass is 16.2. The molecule has 88 valence electrons. The van der Waals surface area contributed by atoms with Gasteiger partial charge in [0.25, 0.3) is 5.91 Å². The first-order valence-electron chi connectivity index (χ1n) is 5.19. The minimum absolute atomic E-state index is 0.0246. The van der Waals surface area contributed by atoms with Crippen LogP contribution in [0.2, 0.25) is 0 Å². The summed E-state index contributed by atoms with van der Waals surface area (Å²) in [6.45, 7) is 0.971. The van der Waals surface area contributed by atoms with Gasteiger partial charge in [0.2, 0.25) is 0 Å². The second-order valence-electron chi connectivity index (χ2n) is 4.67.